The second kappa shape index (κ2) is 6.46. The number of aliphatic hydroxyl groups is 1. The van der Waals surface area contributed by atoms with Crippen LogP contribution in [0.5, 0.6) is 0 Å². The van der Waals surface area contributed by atoms with Gasteiger partial charge in [0.15, 0.2) is 0 Å². The molecule has 0 spiro atoms. The summed E-state index contributed by atoms with van der Waals surface area (Å²) < 4.78 is 26.5. The van der Waals surface area contributed by atoms with E-state index in [4.69, 9.17) is 5.11 Å². The molecule has 0 aliphatic heterocycles. The highest BCUT2D eigenvalue weighted by molar-refractivity contribution is 7.91. The summed E-state index contributed by atoms with van der Waals surface area (Å²) in [6.45, 7) is 1.09. The third-order valence-electron chi connectivity index (χ3n) is 2.11. The van der Waals surface area contributed by atoms with Crippen molar-refractivity contribution in [3.8, 4) is 0 Å². The Bertz CT molecular complexity index is 440. The van der Waals surface area contributed by atoms with E-state index in [-0.39, 0.29) is 6.61 Å². The van der Waals surface area contributed by atoms with Crippen molar-refractivity contribution in [3.63, 3.8) is 0 Å². The maximum atomic E-state index is 11.8. The zero-order chi connectivity index (χ0) is 12.9. The fraction of sp³-hybridized carbons (Fsp3) is 0.600. The van der Waals surface area contributed by atoms with E-state index in [1.165, 1.54) is 11.3 Å². The number of aliphatic hydroxyl groups excluding tert-OH is 1. The Morgan fingerprint density at radius 3 is 2.71 bits per heavy atom. The predicted molar refractivity (Wildman–Crippen MR) is 68.9 cm³/mol. The molecule has 0 aromatic carbocycles. The summed E-state index contributed by atoms with van der Waals surface area (Å²) in [5.74, 6) is 0. The number of nitrogens with one attached hydrogen (secondary N) is 1. The van der Waals surface area contributed by atoms with E-state index < -0.39 is 10.0 Å². The van der Waals surface area contributed by atoms with Crippen molar-refractivity contribution in [2.45, 2.75) is 10.6 Å². The number of hydrogen-bond donors (Lipinski definition) is 2. The Kier molecular flexibility index (Phi) is 5.54. The normalized spacial score (nSPS) is 12.2. The lowest BCUT2D eigenvalue weighted by Crippen LogP contribution is -2.30. The van der Waals surface area contributed by atoms with Gasteiger partial charge in [0.1, 0.15) is 4.21 Å². The van der Waals surface area contributed by atoms with Gasteiger partial charge in [0.25, 0.3) is 0 Å². The fourth-order valence-electron chi connectivity index (χ4n) is 1.22. The number of sulfonamides is 1. The van der Waals surface area contributed by atoms with Crippen LogP contribution in [0.2, 0.25) is 0 Å². The maximum absolute atomic E-state index is 11.8. The van der Waals surface area contributed by atoms with Crippen LogP contribution in [-0.2, 0) is 16.4 Å². The monoisotopic (exact) mass is 278 g/mol. The van der Waals surface area contributed by atoms with Crippen LogP contribution in [0, 0.1) is 0 Å². The Morgan fingerprint density at radius 1 is 1.41 bits per heavy atom. The molecule has 1 rings (SSSR count). The molecule has 1 heterocycles. The maximum Gasteiger partial charge on any atom is 0.250 e. The lowest BCUT2D eigenvalue weighted by Gasteiger charge is -2.09. The third-order valence-corrected chi connectivity index (χ3v) is 5.21. The highest BCUT2D eigenvalue weighted by atomic mass is 32.2. The van der Waals surface area contributed by atoms with Crippen LogP contribution < -0.4 is 4.72 Å². The van der Waals surface area contributed by atoms with E-state index in [2.05, 4.69) is 4.72 Å². The van der Waals surface area contributed by atoms with Gasteiger partial charge in [-0.25, -0.2) is 13.1 Å². The first-order valence-corrected chi connectivity index (χ1v) is 7.59. The van der Waals surface area contributed by atoms with E-state index in [1.807, 2.05) is 19.0 Å². The summed E-state index contributed by atoms with van der Waals surface area (Å²) in [5.41, 5.74) is 0. The van der Waals surface area contributed by atoms with E-state index >= 15 is 0 Å². The zero-order valence-corrected chi connectivity index (χ0v) is 11.6. The van der Waals surface area contributed by atoms with Crippen LogP contribution in [-0.4, -0.2) is 52.2 Å². The molecule has 1 aromatic rings. The van der Waals surface area contributed by atoms with Gasteiger partial charge in [-0.15, -0.1) is 11.3 Å². The minimum Gasteiger partial charge on any atom is -0.396 e. The lowest BCUT2D eigenvalue weighted by molar-refractivity contribution is 0.300. The molecule has 0 saturated carbocycles. The van der Waals surface area contributed by atoms with Crippen molar-refractivity contribution in [2.24, 2.45) is 0 Å². The Morgan fingerprint density at radius 2 is 2.12 bits per heavy atom. The van der Waals surface area contributed by atoms with E-state index in [0.717, 1.165) is 4.88 Å². The molecule has 98 valence electrons. The Labute approximate surface area is 106 Å². The van der Waals surface area contributed by atoms with Gasteiger partial charge in [0, 0.05) is 31.0 Å². The molecule has 0 aliphatic rings. The van der Waals surface area contributed by atoms with Gasteiger partial charge in [-0.1, -0.05) is 0 Å². The van der Waals surface area contributed by atoms with Gasteiger partial charge in [-0.2, -0.15) is 0 Å². The van der Waals surface area contributed by atoms with Crippen molar-refractivity contribution >= 4 is 21.4 Å². The van der Waals surface area contributed by atoms with Crippen LogP contribution in [0.25, 0.3) is 0 Å². The third kappa shape index (κ3) is 4.72. The summed E-state index contributed by atoms with van der Waals surface area (Å²) in [4.78, 5) is 2.79. The molecule has 7 heteroatoms. The van der Waals surface area contributed by atoms with Gasteiger partial charge in [0.05, 0.1) is 0 Å². The summed E-state index contributed by atoms with van der Waals surface area (Å²) in [7, 11) is 0.382. The summed E-state index contributed by atoms with van der Waals surface area (Å²) >= 11 is 1.20. The van der Waals surface area contributed by atoms with Crippen LogP contribution in [0.1, 0.15) is 4.88 Å². The largest absolute Gasteiger partial charge is 0.396 e. The molecule has 5 nitrogen and oxygen atoms in total. The highest BCUT2D eigenvalue weighted by Gasteiger charge is 2.15. The minimum atomic E-state index is -3.39. The molecule has 0 fully saturated rings. The molecule has 0 aliphatic carbocycles. The number of hydrogen-bond acceptors (Lipinski definition) is 5. The number of rotatable bonds is 7. The predicted octanol–water partition coefficient (Wildman–Crippen LogP) is 0.123. The summed E-state index contributed by atoms with van der Waals surface area (Å²) in [6, 6.07) is 3.31. The standard InChI is InChI=1S/C10H18N2O3S2/c1-12(2)7-6-11-17(14,15)10-4-3-9(16-10)5-8-13/h3-4,11,13H,5-8H2,1-2H3. The van der Waals surface area contributed by atoms with Gasteiger partial charge in [-0.3, -0.25) is 0 Å². The molecule has 0 atom stereocenters. The highest BCUT2D eigenvalue weighted by Crippen LogP contribution is 2.21. The summed E-state index contributed by atoms with van der Waals surface area (Å²) in [5, 5.41) is 8.77. The molecular weight excluding hydrogens is 260 g/mol. The number of nitrogens with zero attached hydrogens (tertiary/aromatic N) is 1. The van der Waals surface area contributed by atoms with Gasteiger partial charge >= 0.3 is 0 Å². The van der Waals surface area contributed by atoms with Crippen molar-refractivity contribution in [1.82, 2.24) is 9.62 Å². The number of likely N-dealkylation sites (N-methyl/N-ethyl adjacent to an activating group) is 1. The van der Waals surface area contributed by atoms with Crippen molar-refractivity contribution < 1.29 is 13.5 Å². The average molecular weight is 278 g/mol. The molecule has 0 amide bonds. The fourth-order valence-corrected chi connectivity index (χ4v) is 3.63. The first-order chi connectivity index (χ1) is 7.95. The minimum absolute atomic E-state index is 0.0358. The van der Waals surface area contributed by atoms with Crippen LogP contribution in [0.4, 0.5) is 0 Å². The van der Waals surface area contributed by atoms with Crippen LogP contribution in [0.15, 0.2) is 16.3 Å². The Balaban J connectivity index is 2.62. The first kappa shape index (κ1) is 14.6. The van der Waals surface area contributed by atoms with Crippen LogP contribution in [0.3, 0.4) is 0 Å². The molecule has 17 heavy (non-hydrogen) atoms. The molecule has 0 radical (unpaired) electrons. The van der Waals surface area contributed by atoms with Gasteiger partial charge < -0.3 is 10.0 Å². The quantitative estimate of drug-likeness (QED) is 0.743. The molecule has 0 saturated heterocycles. The molecule has 0 bridgehead atoms. The van der Waals surface area contributed by atoms with Gasteiger partial charge in [-0.05, 0) is 26.2 Å². The topological polar surface area (TPSA) is 69.6 Å². The van der Waals surface area contributed by atoms with Crippen LogP contribution >= 0.6 is 11.3 Å². The average Bonchev–Trinajstić information content (AvgIpc) is 2.66. The smallest absolute Gasteiger partial charge is 0.250 e. The second-order valence-corrected chi connectivity index (χ2v) is 7.06. The summed E-state index contributed by atoms with van der Waals surface area (Å²) in [6.07, 6.45) is 0.498. The molecule has 1 aromatic heterocycles. The number of thiophene rings is 1. The first-order valence-electron chi connectivity index (χ1n) is 5.29. The SMILES string of the molecule is CN(C)CCNS(=O)(=O)c1ccc(CCO)s1. The molecular formula is C10H18N2O3S2. The van der Waals surface area contributed by atoms with E-state index in [9.17, 15) is 8.42 Å². The lowest BCUT2D eigenvalue weighted by atomic mass is 10.4. The van der Waals surface area contributed by atoms with E-state index in [0.29, 0.717) is 23.7 Å². The second-order valence-electron chi connectivity index (χ2n) is 3.90. The zero-order valence-electron chi connectivity index (χ0n) is 10.0. The van der Waals surface area contributed by atoms with Gasteiger partial charge in [0.2, 0.25) is 10.0 Å². The van der Waals surface area contributed by atoms with Crippen molar-refractivity contribution in [3.05, 3.63) is 17.0 Å². The molecule has 0 unspecified atom stereocenters. The molecule has 2 N–H and O–H groups in total. The van der Waals surface area contributed by atoms with Crippen molar-refractivity contribution in [2.75, 3.05) is 33.8 Å². The van der Waals surface area contributed by atoms with E-state index in [1.54, 1.807) is 12.1 Å². The Hall–Kier alpha value is -0.470. The van der Waals surface area contributed by atoms with Crippen molar-refractivity contribution in [1.29, 1.82) is 0 Å².